The summed E-state index contributed by atoms with van der Waals surface area (Å²) in [7, 11) is 0. The zero-order valence-electron chi connectivity index (χ0n) is 11.1. The number of thioether (sulfide) groups is 1. The van der Waals surface area contributed by atoms with Gasteiger partial charge in [0.15, 0.2) is 0 Å². The molecule has 0 atom stereocenters. The van der Waals surface area contributed by atoms with Crippen molar-refractivity contribution in [1.82, 2.24) is 0 Å². The van der Waals surface area contributed by atoms with Crippen LogP contribution in [0, 0.1) is 0 Å². The SMILES string of the molecule is CCOC(=O)C(=O)Sc1cccc(C(C)(C)C)c1. The zero-order chi connectivity index (χ0) is 13.8. The van der Waals surface area contributed by atoms with Crippen LogP contribution in [0.15, 0.2) is 29.2 Å². The van der Waals surface area contributed by atoms with E-state index in [0.29, 0.717) is 0 Å². The Bertz CT molecular complexity index is 447. The van der Waals surface area contributed by atoms with Gasteiger partial charge in [-0.2, -0.15) is 0 Å². The molecule has 0 amide bonds. The van der Waals surface area contributed by atoms with Crippen molar-refractivity contribution in [2.75, 3.05) is 6.61 Å². The second kappa shape index (κ2) is 6.05. The first-order valence-electron chi connectivity index (χ1n) is 5.84. The fourth-order valence-corrected chi connectivity index (χ4v) is 2.05. The Balaban J connectivity index is 2.80. The first-order valence-corrected chi connectivity index (χ1v) is 6.65. The average Bonchev–Trinajstić information content (AvgIpc) is 2.28. The van der Waals surface area contributed by atoms with Gasteiger partial charge in [0.1, 0.15) is 0 Å². The molecule has 0 spiro atoms. The van der Waals surface area contributed by atoms with E-state index in [2.05, 4.69) is 25.5 Å². The first-order chi connectivity index (χ1) is 8.34. The summed E-state index contributed by atoms with van der Waals surface area (Å²) < 4.78 is 4.66. The third kappa shape index (κ3) is 4.18. The van der Waals surface area contributed by atoms with Gasteiger partial charge in [0, 0.05) is 4.90 Å². The Morgan fingerprint density at radius 1 is 1.28 bits per heavy atom. The fraction of sp³-hybridized carbons (Fsp3) is 0.429. The van der Waals surface area contributed by atoms with Crippen molar-refractivity contribution in [3.05, 3.63) is 29.8 Å². The molecule has 1 rings (SSSR count). The predicted octanol–water partition coefficient (Wildman–Crippen LogP) is 3.17. The molecular formula is C14H18O3S. The Hall–Kier alpha value is -1.29. The van der Waals surface area contributed by atoms with Crippen molar-refractivity contribution in [2.45, 2.75) is 38.0 Å². The lowest BCUT2D eigenvalue weighted by atomic mass is 9.87. The standard InChI is InChI=1S/C14H18O3S/c1-5-17-12(15)13(16)18-11-8-6-7-10(9-11)14(2,3)4/h6-9H,5H2,1-4H3. The van der Waals surface area contributed by atoms with Gasteiger partial charge in [-0.15, -0.1) is 0 Å². The minimum Gasteiger partial charge on any atom is -0.460 e. The normalized spacial score (nSPS) is 11.1. The molecule has 0 fully saturated rings. The molecular weight excluding hydrogens is 248 g/mol. The summed E-state index contributed by atoms with van der Waals surface area (Å²) in [6, 6.07) is 7.65. The summed E-state index contributed by atoms with van der Waals surface area (Å²) in [6.45, 7) is 8.20. The summed E-state index contributed by atoms with van der Waals surface area (Å²) in [5.41, 5.74) is 1.15. The van der Waals surface area contributed by atoms with E-state index in [0.717, 1.165) is 22.2 Å². The van der Waals surface area contributed by atoms with E-state index < -0.39 is 11.1 Å². The Morgan fingerprint density at radius 2 is 1.94 bits per heavy atom. The molecule has 0 aromatic heterocycles. The number of hydrogen-bond donors (Lipinski definition) is 0. The second-order valence-electron chi connectivity index (χ2n) is 4.89. The van der Waals surface area contributed by atoms with Crippen LogP contribution in [0.3, 0.4) is 0 Å². The van der Waals surface area contributed by atoms with Crippen LogP contribution in [0.25, 0.3) is 0 Å². The monoisotopic (exact) mass is 266 g/mol. The van der Waals surface area contributed by atoms with Gasteiger partial charge < -0.3 is 4.74 Å². The highest BCUT2D eigenvalue weighted by atomic mass is 32.2. The predicted molar refractivity (Wildman–Crippen MR) is 72.6 cm³/mol. The van der Waals surface area contributed by atoms with Gasteiger partial charge in [-0.25, -0.2) is 4.79 Å². The molecule has 0 aliphatic rings. The van der Waals surface area contributed by atoms with Crippen LogP contribution in [0.1, 0.15) is 33.3 Å². The number of benzene rings is 1. The van der Waals surface area contributed by atoms with E-state index >= 15 is 0 Å². The summed E-state index contributed by atoms with van der Waals surface area (Å²) in [6.07, 6.45) is 0. The largest absolute Gasteiger partial charge is 0.460 e. The van der Waals surface area contributed by atoms with E-state index in [4.69, 9.17) is 0 Å². The van der Waals surface area contributed by atoms with Gasteiger partial charge in [-0.05, 0) is 41.8 Å². The maximum atomic E-state index is 11.6. The minimum absolute atomic E-state index is 0.0174. The summed E-state index contributed by atoms with van der Waals surface area (Å²) >= 11 is 0.908. The molecule has 1 aromatic carbocycles. The lowest BCUT2D eigenvalue weighted by molar-refractivity contribution is -0.149. The second-order valence-corrected chi connectivity index (χ2v) is 5.93. The summed E-state index contributed by atoms with van der Waals surface area (Å²) in [5.74, 6) is -0.788. The highest BCUT2D eigenvalue weighted by Gasteiger charge is 2.18. The van der Waals surface area contributed by atoms with Crippen LogP contribution < -0.4 is 0 Å². The number of hydrogen-bond acceptors (Lipinski definition) is 4. The zero-order valence-corrected chi connectivity index (χ0v) is 12.0. The average molecular weight is 266 g/mol. The van der Waals surface area contributed by atoms with Crippen molar-refractivity contribution in [2.24, 2.45) is 0 Å². The number of ether oxygens (including phenoxy) is 1. The molecule has 0 heterocycles. The van der Waals surface area contributed by atoms with Gasteiger partial charge in [-0.1, -0.05) is 32.9 Å². The van der Waals surface area contributed by atoms with Crippen LogP contribution >= 0.6 is 11.8 Å². The van der Waals surface area contributed by atoms with Crippen molar-refractivity contribution >= 4 is 22.8 Å². The molecule has 4 heteroatoms. The molecule has 1 aromatic rings. The third-order valence-corrected chi connectivity index (χ3v) is 3.19. The van der Waals surface area contributed by atoms with Crippen molar-refractivity contribution < 1.29 is 14.3 Å². The van der Waals surface area contributed by atoms with Crippen LogP contribution in [-0.2, 0) is 19.7 Å². The van der Waals surface area contributed by atoms with E-state index in [-0.39, 0.29) is 12.0 Å². The Labute approximate surface area is 112 Å². The van der Waals surface area contributed by atoms with Gasteiger partial charge in [0.25, 0.3) is 0 Å². The topological polar surface area (TPSA) is 43.4 Å². The quantitative estimate of drug-likeness (QED) is 0.468. The molecule has 0 aliphatic carbocycles. The molecule has 3 nitrogen and oxygen atoms in total. The van der Waals surface area contributed by atoms with E-state index in [1.54, 1.807) is 6.92 Å². The smallest absolute Gasteiger partial charge is 0.386 e. The molecule has 18 heavy (non-hydrogen) atoms. The van der Waals surface area contributed by atoms with Crippen LogP contribution in [-0.4, -0.2) is 17.7 Å². The highest BCUT2D eigenvalue weighted by molar-refractivity contribution is 8.15. The maximum absolute atomic E-state index is 11.6. The number of esters is 1. The molecule has 0 saturated heterocycles. The molecule has 0 N–H and O–H groups in total. The lowest BCUT2D eigenvalue weighted by Gasteiger charge is -2.19. The Morgan fingerprint density at radius 3 is 2.50 bits per heavy atom. The maximum Gasteiger partial charge on any atom is 0.386 e. The minimum atomic E-state index is -0.788. The van der Waals surface area contributed by atoms with Crippen molar-refractivity contribution in [1.29, 1.82) is 0 Å². The Kier molecular flexibility index (Phi) is 4.96. The van der Waals surface area contributed by atoms with Gasteiger partial charge in [0.2, 0.25) is 0 Å². The molecule has 0 saturated carbocycles. The summed E-state index contributed by atoms with van der Waals surface area (Å²) in [5, 5.41) is -0.581. The molecule has 0 bridgehead atoms. The van der Waals surface area contributed by atoms with Gasteiger partial charge in [-0.3, -0.25) is 4.79 Å². The molecule has 0 radical (unpaired) electrons. The number of rotatable bonds is 2. The van der Waals surface area contributed by atoms with Crippen molar-refractivity contribution in [3.63, 3.8) is 0 Å². The third-order valence-electron chi connectivity index (χ3n) is 2.35. The van der Waals surface area contributed by atoms with E-state index in [9.17, 15) is 9.59 Å². The van der Waals surface area contributed by atoms with Crippen molar-refractivity contribution in [3.8, 4) is 0 Å². The van der Waals surface area contributed by atoms with Gasteiger partial charge >= 0.3 is 11.1 Å². The van der Waals surface area contributed by atoms with E-state index in [1.165, 1.54) is 0 Å². The number of carbonyl (C=O) groups is 2. The molecule has 0 aliphatic heterocycles. The highest BCUT2D eigenvalue weighted by Crippen LogP contribution is 2.27. The van der Waals surface area contributed by atoms with Crippen LogP contribution in [0.2, 0.25) is 0 Å². The van der Waals surface area contributed by atoms with Gasteiger partial charge in [0.05, 0.1) is 6.61 Å². The molecule has 98 valence electrons. The summed E-state index contributed by atoms with van der Waals surface area (Å²) in [4.78, 5) is 23.6. The van der Waals surface area contributed by atoms with Crippen LogP contribution in [0.5, 0.6) is 0 Å². The molecule has 0 unspecified atom stereocenters. The van der Waals surface area contributed by atoms with E-state index in [1.807, 2.05) is 24.3 Å². The number of carbonyl (C=O) groups excluding carboxylic acids is 2. The first kappa shape index (κ1) is 14.8. The van der Waals surface area contributed by atoms with Crippen LogP contribution in [0.4, 0.5) is 0 Å². The fourth-order valence-electron chi connectivity index (χ4n) is 1.36. The lowest BCUT2D eigenvalue weighted by Crippen LogP contribution is -2.14.